The van der Waals surface area contributed by atoms with Crippen molar-refractivity contribution in [2.24, 2.45) is 0 Å². The van der Waals surface area contributed by atoms with E-state index in [1.165, 1.54) is 16.2 Å². The van der Waals surface area contributed by atoms with Crippen molar-refractivity contribution in [2.75, 3.05) is 33.4 Å². The van der Waals surface area contributed by atoms with Crippen molar-refractivity contribution in [1.29, 1.82) is 0 Å². The normalized spacial score (nSPS) is 15.6. The van der Waals surface area contributed by atoms with Crippen LogP contribution in [0.1, 0.15) is 16.1 Å². The van der Waals surface area contributed by atoms with Crippen LogP contribution in [-0.2, 0) is 14.3 Å². The lowest BCUT2D eigenvalue weighted by molar-refractivity contribution is -0.148. The molecule has 1 fully saturated rings. The summed E-state index contributed by atoms with van der Waals surface area (Å²) in [5.74, 6) is -0.0802. The van der Waals surface area contributed by atoms with Crippen LogP contribution in [0.3, 0.4) is 0 Å². The van der Waals surface area contributed by atoms with Gasteiger partial charge in [0.2, 0.25) is 5.91 Å². The topological polar surface area (TPSA) is 94.2 Å². The molecule has 178 valence electrons. The zero-order chi connectivity index (χ0) is 24.1. The molecule has 1 saturated heterocycles. The molecule has 0 bridgehead atoms. The van der Waals surface area contributed by atoms with Crippen LogP contribution in [0.2, 0.25) is 5.02 Å². The standard InChI is InChI=1S/C24H23ClN2O6S/c1-31-16-7-8-17-19(13-16)34-22(21(17)25)24(30)27-10-9-26-23(29)18(27)14-20(28)33-12-11-32-15-5-3-2-4-6-15/h2-8,13,18H,9-12,14H2,1H3,(H,26,29). The number of piperazine rings is 1. The largest absolute Gasteiger partial charge is 0.497 e. The Labute approximate surface area is 205 Å². The van der Waals surface area contributed by atoms with E-state index < -0.39 is 23.8 Å². The highest BCUT2D eigenvalue weighted by Gasteiger charge is 2.37. The van der Waals surface area contributed by atoms with Crippen LogP contribution in [0.5, 0.6) is 11.5 Å². The molecule has 1 aromatic heterocycles. The first-order chi connectivity index (χ1) is 16.5. The Morgan fingerprint density at radius 1 is 1.15 bits per heavy atom. The fourth-order valence-electron chi connectivity index (χ4n) is 3.65. The minimum Gasteiger partial charge on any atom is -0.497 e. The molecule has 1 aliphatic rings. The van der Waals surface area contributed by atoms with Gasteiger partial charge in [0.25, 0.3) is 5.91 Å². The zero-order valence-electron chi connectivity index (χ0n) is 18.4. The third-order valence-electron chi connectivity index (χ3n) is 5.34. The highest BCUT2D eigenvalue weighted by Crippen LogP contribution is 2.38. The number of amides is 2. The summed E-state index contributed by atoms with van der Waals surface area (Å²) in [6.45, 7) is 0.751. The van der Waals surface area contributed by atoms with Crippen LogP contribution < -0.4 is 14.8 Å². The Balaban J connectivity index is 1.42. The molecule has 10 heteroatoms. The number of rotatable bonds is 8. The number of nitrogens with zero attached hydrogens (tertiary/aromatic N) is 1. The van der Waals surface area contributed by atoms with E-state index in [0.717, 1.165) is 10.1 Å². The molecule has 1 atom stereocenters. The van der Waals surface area contributed by atoms with E-state index in [1.807, 2.05) is 18.2 Å². The number of thiophene rings is 1. The van der Waals surface area contributed by atoms with Gasteiger partial charge < -0.3 is 24.4 Å². The summed E-state index contributed by atoms with van der Waals surface area (Å²) in [5.41, 5.74) is 0. The second kappa shape index (κ2) is 10.8. The molecule has 3 aromatic rings. The summed E-state index contributed by atoms with van der Waals surface area (Å²) in [5, 5.41) is 3.75. The van der Waals surface area contributed by atoms with Crippen molar-refractivity contribution in [3.8, 4) is 11.5 Å². The van der Waals surface area contributed by atoms with Crippen LogP contribution in [0.15, 0.2) is 48.5 Å². The van der Waals surface area contributed by atoms with Crippen LogP contribution in [0, 0.1) is 0 Å². The summed E-state index contributed by atoms with van der Waals surface area (Å²) in [7, 11) is 1.56. The maximum absolute atomic E-state index is 13.4. The third-order valence-corrected chi connectivity index (χ3v) is 6.99. The van der Waals surface area contributed by atoms with Gasteiger partial charge >= 0.3 is 5.97 Å². The monoisotopic (exact) mass is 502 g/mol. The quantitative estimate of drug-likeness (QED) is 0.374. The number of methoxy groups -OCH3 is 1. The van der Waals surface area contributed by atoms with E-state index in [1.54, 1.807) is 37.4 Å². The second-order valence-corrected chi connectivity index (χ2v) is 8.93. The lowest BCUT2D eigenvalue weighted by Gasteiger charge is -2.34. The minimum absolute atomic E-state index is 0.0278. The van der Waals surface area contributed by atoms with Gasteiger partial charge in [-0.25, -0.2) is 0 Å². The van der Waals surface area contributed by atoms with Crippen LogP contribution >= 0.6 is 22.9 Å². The van der Waals surface area contributed by atoms with Gasteiger partial charge in [0.15, 0.2) is 0 Å². The number of hydrogen-bond acceptors (Lipinski definition) is 7. The lowest BCUT2D eigenvalue weighted by Crippen LogP contribution is -2.57. The maximum atomic E-state index is 13.4. The number of halogens is 1. The number of hydrogen-bond donors (Lipinski definition) is 1. The molecule has 34 heavy (non-hydrogen) atoms. The number of ether oxygens (including phenoxy) is 3. The molecule has 2 aromatic carbocycles. The van der Waals surface area contributed by atoms with E-state index in [2.05, 4.69) is 5.32 Å². The Morgan fingerprint density at radius 2 is 1.94 bits per heavy atom. The van der Waals surface area contributed by atoms with Gasteiger partial charge in [-0.15, -0.1) is 11.3 Å². The van der Waals surface area contributed by atoms with E-state index in [0.29, 0.717) is 21.4 Å². The molecule has 1 aliphatic heterocycles. The summed E-state index contributed by atoms with van der Waals surface area (Å²) < 4.78 is 16.8. The Bertz CT molecular complexity index is 1200. The zero-order valence-corrected chi connectivity index (χ0v) is 20.0. The highest BCUT2D eigenvalue weighted by molar-refractivity contribution is 7.21. The Kier molecular flexibility index (Phi) is 7.54. The molecule has 0 saturated carbocycles. The van der Waals surface area contributed by atoms with Gasteiger partial charge in [0.1, 0.15) is 35.6 Å². The summed E-state index contributed by atoms with van der Waals surface area (Å²) >= 11 is 7.73. The number of esters is 1. The molecular weight excluding hydrogens is 480 g/mol. The maximum Gasteiger partial charge on any atom is 0.308 e. The SMILES string of the molecule is COc1ccc2c(Cl)c(C(=O)N3CCNC(=O)C3CC(=O)OCCOc3ccccc3)sc2c1. The first-order valence-electron chi connectivity index (χ1n) is 10.7. The summed E-state index contributed by atoms with van der Waals surface area (Å²) in [6.07, 6.45) is -0.265. The molecule has 0 radical (unpaired) electrons. The van der Waals surface area contributed by atoms with Crippen molar-refractivity contribution < 1.29 is 28.6 Å². The predicted octanol–water partition coefficient (Wildman–Crippen LogP) is 3.52. The number of carbonyl (C=O) groups is 3. The summed E-state index contributed by atoms with van der Waals surface area (Å²) in [4.78, 5) is 40.0. The van der Waals surface area contributed by atoms with Crippen molar-refractivity contribution >= 4 is 50.8 Å². The van der Waals surface area contributed by atoms with Crippen LogP contribution in [-0.4, -0.2) is 62.1 Å². The lowest BCUT2D eigenvalue weighted by atomic mass is 10.1. The second-order valence-electron chi connectivity index (χ2n) is 7.50. The van der Waals surface area contributed by atoms with E-state index in [-0.39, 0.29) is 32.7 Å². The molecule has 0 spiro atoms. The Morgan fingerprint density at radius 3 is 2.71 bits per heavy atom. The highest BCUT2D eigenvalue weighted by atomic mass is 35.5. The molecule has 1 unspecified atom stereocenters. The van der Waals surface area contributed by atoms with Crippen LogP contribution in [0.25, 0.3) is 10.1 Å². The number of para-hydroxylation sites is 1. The van der Waals surface area contributed by atoms with Gasteiger partial charge in [-0.3, -0.25) is 14.4 Å². The molecular formula is C24H23ClN2O6S. The molecule has 8 nitrogen and oxygen atoms in total. The smallest absolute Gasteiger partial charge is 0.308 e. The number of benzene rings is 2. The van der Waals surface area contributed by atoms with Gasteiger partial charge in [-0.05, 0) is 30.3 Å². The number of fused-ring (bicyclic) bond motifs is 1. The fourth-order valence-corrected chi connectivity index (χ4v) is 5.15. The molecule has 2 amide bonds. The molecule has 0 aliphatic carbocycles. The van der Waals surface area contributed by atoms with Crippen molar-refractivity contribution in [3.05, 3.63) is 58.4 Å². The molecule has 4 rings (SSSR count). The first kappa shape index (κ1) is 23.8. The van der Waals surface area contributed by atoms with Gasteiger partial charge in [0.05, 0.1) is 18.6 Å². The third kappa shape index (κ3) is 5.26. The van der Waals surface area contributed by atoms with Gasteiger partial charge in [-0.2, -0.15) is 0 Å². The van der Waals surface area contributed by atoms with E-state index in [4.69, 9.17) is 25.8 Å². The summed E-state index contributed by atoms with van der Waals surface area (Å²) in [6, 6.07) is 13.5. The Hall–Kier alpha value is -3.30. The fraction of sp³-hybridized carbons (Fsp3) is 0.292. The predicted molar refractivity (Wildman–Crippen MR) is 129 cm³/mol. The van der Waals surface area contributed by atoms with E-state index >= 15 is 0 Å². The van der Waals surface area contributed by atoms with Crippen molar-refractivity contribution in [2.45, 2.75) is 12.5 Å². The molecule has 1 N–H and O–H groups in total. The average Bonchev–Trinajstić information content (AvgIpc) is 3.19. The number of carbonyl (C=O) groups excluding carboxylic acids is 3. The van der Waals surface area contributed by atoms with Gasteiger partial charge in [-0.1, -0.05) is 29.8 Å². The molecule has 2 heterocycles. The first-order valence-corrected chi connectivity index (χ1v) is 11.9. The minimum atomic E-state index is -0.986. The van der Waals surface area contributed by atoms with Crippen molar-refractivity contribution in [1.82, 2.24) is 10.2 Å². The van der Waals surface area contributed by atoms with Gasteiger partial charge in [0, 0.05) is 23.2 Å². The van der Waals surface area contributed by atoms with Crippen molar-refractivity contribution in [3.63, 3.8) is 0 Å². The number of nitrogens with one attached hydrogen (secondary N) is 1. The average molecular weight is 503 g/mol. The van der Waals surface area contributed by atoms with E-state index in [9.17, 15) is 14.4 Å². The van der Waals surface area contributed by atoms with Crippen LogP contribution in [0.4, 0.5) is 0 Å².